The average Bonchev–Trinajstić information content (AvgIpc) is 3.70. The Bertz CT molecular complexity index is 2020. The van der Waals surface area contributed by atoms with Gasteiger partial charge >= 0.3 is 6.03 Å². The average molecular weight is 622 g/mol. The number of anilines is 1. The Balaban J connectivity index is 1.53. The summed E-state index contributed by atoms with van der Waals surface area (Å²) in [5.41, 5.74) is 3.37. The van der Waals surface area contributed by atoms with Gasteiger partial charge in [-0.3, -0.25) is 9.69 Å². The summed E-state index contributed by atoms with van der Waals surface area (Å²) < 4.78 is 34.6. The van der Waals surface area contributed by atoms with Gasteiger partial charge in [0, 0.05) is 55.0 Å². The number of benzene rings is 3. The standard InChI is InChI=1S/C35H33F2N7O2/c1-3-38-34(46)39-26-16-14-25(15-17-26)32-30(22-41(2)20-24-10-5-4-6-11-24)44-33(45)31(42-18-7-8-19-42)23-43(35(44)40-32)21-27-28(36)12-9-13-29(27)37/h4-19,23H,3,20-22H2,1-2H3,(H2,38,39,46). The van der Waals surface area contributed by atoms with Crippen molar-refractivity contribution in [3.8, 4) is 16.9 Å². The highest BCUT2D eigenvalue weighted by Crippen LogP contribution is 2.28. The molecule has 0 aliphatic rings. The van der Waals surface area contributed by atoms with Crippen molar-refractivity contribution in [3.05, 3.63) is 142 Å². The highest BCUT2D eigenvalue weighted by molar-refractivity contribution is 5.89. The van der Waals surface area contributed by atoms with E-state index in [9.17, 15) is 18.4 Å². The predicted octanol–water partition coefficient (Wildman–Crippen LogP) is 6.05. The monoisotopic (exact) mass is 621 g/mol. The molecule has 0 aliphatic carbocycles. The van der Waals surface area contributed by atoms with Gasteiger partial charge in [-0.05, 0) is 55.9 Å². The van der Waals surface area contributed by atoms with Gasteiger partial charge in [0.1, 0.15) is 17.3 Å². The van der Waals surface area contributed by atoms with Gasteiger partial charge in [0.15, 0.2) is 0 Å². The summed E-state index contributed by atoms with van der Waals surface area (Å²) in [5.74, 6) is -1.14. The second kappa shape index (κ2) is 13.2. The van der Waals surface area contributed by atoms with Crippen LogP contribution in [0.25, 0.3) is 22.7 Å². The Morgan fingerprint density at radius 1 is 0.891 bits per heavy atom. The molecule has 234 valence electrons. The van der Waals surface area contributed by atoms with Gasteiger partial charge in [-0.2, -0.15) is 0 Å². The van der Waals surface area contributed by atoms with Crippen LogP contribution in [-0.2, 0) is 19.6 Å². The van der Waals surface area contributed by atoms with E-state index in [-0.39, 0.29) is 29.5 Å². The van der Waals surface area contributed by atoms with Gasteiger partial charge in [0.05, 0.1) is 17.9 Å². The van der Waals surface area contributed by atoms with Crippen molar-refractivity contribution in [2.75, 3.05) is 18.9 Å². The van der Waals surface area contributed by atoms with E-state index in [1.54, 1.807) is 52.0 Å². The zero-order chi connectivity index (χ0) is 32.2. The maximum absolute atomic E-state index is 14.9. The molecular formula is C35H33F2N7O2. The van der Waals surface area contributed by atoms with E-state index in [1.807, 2.05) is 56.4 Å². The predicted molar refractivity (Wildman–Crippen MR) is 174 cm³/mol. The molecule has 0 fully saturated rings. The fourth-order valence-electron chi connectivity index (χ4n) is 5.50. The molecule has 9 nitrogen and oxygen atoms in total. The number of carbonyl (C=O) groups excluding carboxylic acids is 1. The zero-order valence-corrected chi connectivity index (χ0v) is 25.5. The van der Waals surface area contributed by atoms with E-state index in [4.69, 9.17) is 4.98 Å². The van der Waals surface area contributed by atoms with Crippen molar-refractivity contribution in [2.24, 2.45) is 0 Å². The third-order valence-electron chi connectivity index (χ3n) is 7.65. The first kappa shape index (κ1) is 30.5. The molecule has 0 saturated carbocycles. The van der Waals surface area contributed by atoms with Crippen molar-refractivity contribution in [1.82, 2.24) is 28.7 Å². The second-order valence-corrected chi connectivity index (χ2v) is 11.0. The molecule has 6 aromatic rings. The summed E-state index contributed by atoms with van der Waals surface area (Å²) in [4.78, 5) is 33.4. The molecule has 3 heterocycles. The minimum atomic E-state index is -0.691. The van der Waals surface area contributed by atoms with Gasteiger partial charge in [0.2, 0.25) is 5.78 Å². The Morgan fingerprint density at radius 2 is 1.59 bits per heavy atom. The van der Waals surface area contributed by atoms with Crippen LogP contribution in [0.2, 0.25) is 0 Å². The Labute approximate surface area is 264 Å². The van der Waals surface area contributed by atoms with Crippen LogP contribution in [-0.4, -0.2) is 43.0 Å². The smallest absolute Gasteiger partial charge is 0.319 e. The molecular weight excluding hydrogens is 588 g/mol. The number of nitrogens with one attached hydrogen (secondary N) is 2. The largest absolute Gasteiger partial charge is 0.338 e. The highest BCUT2D eigenvalue weighted by atomic mass is 19.1. The SMILES string of the molecule is CCNC(=O)Nc1ccc(-c2nc3n(Cc4c(F)cccc4F)cc(-n4cccc4)c(=O)n3c2CN(C)Cc2ccccc2)cc1. The third-order valence-corrected chi connectivity index (χ3v) is 7.65. The van der Waals surface area contributed by atoms with Crippen LogP contribution in [0.15, 0.2) is 108 Å². The molecule has 0 atom stereocenters. The normalized spacial score (nSPS) is 11.3. The number of rotatable bonds is 10. The molecule has 2 N–H and O–H groups in total. The van der Waals surface area contributed by atoms with E-state index in [0.29, 0.717) is 48.0 Å². The number of aromatic nitrogens is 4. The maximum Gasteiger partial charge on any atom is 0.319 e. The summed E-state index contributed by atoms with van der Waals surface area (Å²) in [6, 6.07) is 24.2. The summed E-state index contributed by atoms with van der Waals surface area (Å²) in [5, 5.41) is 5.49. The lowest BCUT2D eigenvalue weighted by Gasteiger charge is -2.18. The number of fused-ring (bicyclic) bond motifs is 1. The highest BCUT2D eigenvalue weighted by Gasteiger charge is 2.23. The van der Waals surface area contributed by atoms with E-state index < -0.39 is 11.6 Å². The van der Waals surface area contributed by atoms with Crippen molar-refractivity contribution < 1.29 is 13.6 Å². The molecule has 0 aliphatic heterocycles. The number of nitrogens with zero attached hydrogens (tertiary/aromatic N) is 5. The lowest BCUT2D eigenvalue weighted by Crippen LogP contribution is -2.28. The first-order valence-corrected chi connectivity index (χ1v) is 14.9. The number of hydrogen-bond acceptors (Lipinski definition) is 4. The fraction of sp³-hybridized carbons (Fsp3) is 0.171. The van der Waals surface area contributed by atoms with Crippen molar-refractivity contribution >= 4 is 17.5 Å². The molecule has 0 unspecified atom stereocenters. The molecule has 0 saturated heterocycles. The van der Waals surface area contributed by atoms with Crippen LogP contribution < -0.4 is 16.2 Å². The minimum Gasteiger partial charge on any atom is -0.338 e. The van der Waals surface area contributed by atoms with Gasteiger partial charge in [-0.1, -0.05) is 48.5 Å². The first-order valence-electron chi connectivity index (χ1n) is 14.9. The Kier molecular flexibility index (Phi) is 8.75. The van der Waals surface area contributed by atoms with Gasteiger partial charge in [-0.15, -0.1) is 0 Å². The third kappa shape index (κ3) is 6.31. The second-order valence-electron chi connectivity index (χ2n) is 11.0. The molecule has 0 spiro atoms. The quantitative estimate of drug-likeness (QED) is 0.195. The summed E-state index contributed by atoms with van der Waals surface area (Å²) >= 11 is 0. The Morgan fingerprint density at radius 3 is 2.26 bits per heavy atom. The first-order chi connectivity index (χ1) is 22.3. The fourth-order valence-corrected chi connectivity index (χ4v) is 5.50. The van der Waals surface area contributed by atoms with Crippen molar-refractivity contribution in [3.63, 3.8) is 0 Å². The lowest BCUT2D eigenvalue weighted by molar-refractivity contribution is 0.252. The molecule has 3 aromatic heterocycles. The lowest BCUT2D eigenvalue weighted by atomic mass is 10.1. The molecule has 2 amide bonds. The number of hydrogen-bond donors (Lipinski definition) is 2. The number of imidazole rings is 1. The van der Waals surface area contributed by atoms with E-state index in [2.05, 4.69) is 15.5 Å². The molecule has 3 aromatic carbocycles. The molecule has 0 bridgehead atoms. The number of halogens is 2. The molecule has 46 heavy (non-hydrogen) atoms. The topological polar surface area (TPSA) is 88.6 Å². The van der Waals surface area contributed by atoms with Crippen LogP contribution in [0.1, 0.15) is 23.7 Å². The van der Waals surface area contributed by atoms with Crippen LogP contribution in [0.4, 0.5) is 19.3 Å². The van der Waals surface area contributed by atoms with Crippen LogP contribution in [0.5, 0.6) is 0 Å². The number of amides is 2. The summed E-state index contributed by atoms with van der Waals surface area (Å²) in [6.45, 7) is 3.07. The molecule has 11 heteroatoms. The number of carbonyl (C=O) groups is 1. The summed E-state index contributed by atoms with van der Waals surface area (Å²) in [6.07, 6.45) is 5.07. The van der Waals surface area contributed by atoms with Gasteiger partial charge in [0.25, 0.3) is 5.56 Å². The number of urea groups is 1. The van der Waals surface area contributed by atoms with E-state index in [0.717, 1.165) is 5.56 Å². The maximum atomic E-state index is 14.9. The van der Waals surface area contributed by atoms with Gasteiger partial charge in [-0.25, -0.2) is 23.0 Å². The zero-order valence-electron chi connectivity index (χ0n) is 25.5. The van der Waals surface area contributed by atoms with Crippen molar-refractivity contribution in [1.29, 1.82) is 0 Å². The van der Waals surface area contributed by atoms with Crippen LogP contribution in [0, 0.1) is 11.6 Å². The van der Waals surface area contributed by atoms with E-state index in [1.165, 1.54) is 22.6 Å². The van der Waals surface area contributed by atoms with E-state index >= 15 is 0 Å². The van der Waals surface area contributed by atoms with Crippen LogP contribution >= 0.6 is 0 Å². The van der Waals surface area contributed by atoms with Crippen molar-refractivity contribution in [2.45, 2.75) is 26.6 Å². The van der Waals surface area contributed by atoms with Gasteiger partial charge < -0.3 is 19.8 Å². The minimum absolute atomic E-state index is 0.139. The molecule has 6 rings (SSSR count). The Hall–Kier alpha value is -5.55. The summed E-state index contributed by atoms with van der Waals surface area (Å²) in [7, 11) is 1.96. The van der Waals surface area contributed by atoms with Crippen LogP contribution in [0.3, 0.4) is 0 Å². The molecule has 0 radical (unpaired) electrons.